The molecule has 1 unspecified atom stereocenters. The van der Waals surface area contributed by atoms with Crippen LogP contribution < -0.4 is 14.8 Å². The van der Waals surface area contributed by atoms with E-state index in [-0.39, 0.29) is 16.5 Å². The largest absolute Gasteiger partial charge is 0.497 e. The van der Waals surface area contributed by atoms with E-state index in [1.807, 2.05) is 0 Å². The van der Waals surface area contributed by atoms with Crippen LogP contribution in [0, 0.1) is 0 Å². The second kappa shape index (κ2) is 8.62. The number of methoxy groups -OCH3 is 1. The number of carbonyl (C=O) groups is 2. The minimum Gasteiger partial charge on any atom is -0.497 e. The molecule has 0 radical (unpaired) electrons. The van der Waals surface area contributed by atoms with Gasteiger partial charge in [-0.1, -0.05) is 6.07 Å². The van der Waals surface area contributed by atoms with Gasteiger partial charge in [-0.3, -0.25) is 4.79 Å². The first-order valence-electron chi connectivity index (χ1n) is 9.07. The Balaban J connectivity index is 1.62. The third kappa shape index (κ3) is 5.55. The molecule has 2 N–H and O–H groups in total. The van der Waals surface area contributed by atoms with Crippen LogP contribution in [-0.4, -0.2) is 39.5 Å². The van der Waals surface area contributed by atoms with Gasteiger partial charge in [0.2, 0.25) is 10.0 Å². The molecule has 8 nitrogen and oxygen atoms in total. The van der Waals surface area contributed by atoms with Gasteiger partial charge in [-0.15, -0.1) is 0 Å². The maximum Gasteiger partial charge on any atom is 0.338 e. The Morgan fingerprint density at radius 2 is 1.79 bits per heavy atom. The van der Waals surface area contributed by atoms with Crippen molar-refractivity contribution in [2.45, 2.75) is 36.8 Å². The number of nitrogens with one attached hydrogen (secondary N) is 2. The number of carbonyl (C=O) groups excluding carboxylic acids is 2. The molecule has 0 aromatic heterocycles. The molecule has 29 heavy (non-hydrogen) atoms. The monoisotopic (exact) mass is 418 g/mol. The third-order valence-electron chi connectivity index (χ3n) is 4.29. The minimum atomic E-state index is -3.69. The summed E-state index contributed by atoms with van der Waals surface area (Å²) < 4.78 is 37.4. The van der Waals surface area contributed by atoms with Gasteiger partial charge in [0.25, 0.3) is 5.91 Å². The highest BCUT2D eigenvalue weighted by molar-refractivity contribution is 7.89. The highest BCUT2D eigenvalue weighted by atomic mass is 32.2. The highest BCUT2D eigenvalue weighted by Crippen LogP contribution is 2.23. The lowest BCUT2D eigenvalue weighted by molar-refractivity contribution is -0.123. The van der Waals surface area contributed by atoms with Crippen molar-refractivity contribution in [3.8, 4) is 5.75 Å². The van der Waals surface area contributed by atoms with E-state index in [1.54, 1.807) is 24.3 Å². The smallest absolute Gasteiger partial charge is 0.338 e. The first-order valence-corrected chi connectivity index (χ1v) is 10.5. The van der Waals surface area contributed by atoms with Gasteiger partial charge in [0.05, 0.1) is 17.6 Å². The van der Waals surface area contributed by atoms with Crippen molar-refractivity contribution in [3.05, 3.63) is 54.1 Å². The number of amides is 1. The van der Waals surface area contributed by atoms with Gasteiger partial charge in [-0.05, 0) is 62.2 Å². The molecular formula is C20H22N2O6S. The molecule has 1 atom stereocenters. The number of rotatable bonds is 8. The predicted molar refractivity (Wildman–Crippen MR) is 106 cm³/mol. The normalized spacial score (nSPS) is 14.7. The summed E-state index contributed by atoms with van der Waals surface area (Å²) in [7, 11) is -2.15. The van der Waals surface area contributed by atoms with E-state index in [2.05, 4.69) is 10.0 Å². The number of ether oxygens (including phenoxy) is 2. The number of hydrogen-bond acceptors (Lipinski definition) is 6. The number of anilines is 1. The third-order valence-corrected chi connectivity index (χ3v) is 5.81. The summed E-state index contributed by atoms with van der Waals surface area (Å²) in [6, 6.07) is 12.2. The Morgan fingerprint density at radius 3 is 2.41 bits per heavy atom. The van der Waals surface area contributed by atoms with Crippen LogP contribution in [0.15, 0.2) is 53.4 Å². The molecule has 9 heteroatoms. The Labute approximate surface area is 169 Å². The van der Waals surface area contributed by atoms with E-state index in [0.717, 1.165) is 12.8 Å². The van der Waals surface area contributed by atoms with Gasteiger partial charge in [0, 0.05) is 11.7 Å². The molecule has 1 aliphatic rings. The summed E-state index contributed by atoms with van der Waals surface area (Å²) in [5, 5.41) is 2.64. The molecule has 0 heterocycles. The van der Waals surface area contributed by atoms with Crippen LogP contribution in [0.2, 0.25) is 0 Å². The molecule has 2 aromatic rings. The fourth-order valence-electron chi connectivity index (χ4n) is 2.48. The van der Waals surface area contributed by atoms with Crippen molar-refractivity contribution < 1.29 is 27.5 Å². The van der Waals surface area contributed by atoms with Crippen molar-refractivity contribution in [1.29, 1.82) is 0 Å². The lowest BCUT2D eigenvalue weighted by Gasteiger charge is -2.14. The summed E-state index contributed by atoms with van der Waals surface area (Å²) in [5.74, 6) is -0.651. The van der Waals surface area contributed by atoms with E-state index in [9.17, 15) is 18.0 Å². The summed E-state index contributed by atoms with van der Waals surface area (Å²) in [6.07, 6.45) is 0.540. The second-order valence-electron chi connectivity index (χ2n) is 6.69. The Morgan fingerprint density at radius 1 is 1.10 bits per heavy atom. The lowest BCUT2D eigenvalue weighted by Crippen LogP contribution is -2.30. The molecule has 0 aliphatic heterocycles. The Bertz CT molecular complexity index is 1000. The van der Waals surface area contributed by atoms with E-state index in [4.69, 9.17) is 9.47 Å². The average Bonchev–Trinajstić information content (AvgIpc) is 3.52. The van der Waals surface area contributed by atoms with Crippen LogP contribution in [0.5, 0.6) is 5.75 Å². The molecule has 1 aliphatic carbocycles. The number of hydrogen-bond donors (Lipinski definition) is 2. The molecule has 3 rings (SSSR count). The zero-order valence-corrected chi connectivity index (χ0v) is 16.9. The Hall–Kier alpha value is -2.91. The minimum absolute atomic E-state index is 0.0193. The molecular weight excluding hydrogens is 396 g/mol. The maximum absolute atomic E-state index is 12.4. The van der Waals surface area contributed by atoms with Gasteiger partial charge in [0.15, 0.2) is 6.10 Å². The zero-order valence-electron chi connectivity index (χ0n) is 16.0. The van der Waals surface area contributed by atoms with Gasteiger partial charge in [-0.25, -0.2) is 17.9 Å². The number of benzene rings is 2. The molecule has 1 saturated carbocycles. The highest BCUT2D eigenvalue weighted by Gasteiger charge is 2.28. The quantitative estimate of drug-likeness (QED) is 0.637. The van der Waals surface area contributed by atoms with Crippen LogP contribution in [0.25, 0.3) is 0 Å². The van der Waals surface area contributed by atoms with Crippen molar-refractivity contribution in [2.24, 2.45) is 0 Å². The lowest BCUT2D eigenvalue weighted by atomic mass is 10.2. The zero-order chi connectivity index (χ0) is 21.0. The maximum atomic E-state index is 12.4. The van der Waals surface area contributed by atoms with Gasteiger partial charge in [0.1, 0.15) is 5.75 Å². The van der Waals surface area contributed by atoms with Crippen molar-refractivity contribution >= 4 is 27.6 Å². The molecule has 0 saturated heterocycles. The first-order chi connectivity index (χ1) is 13.8. The van der Waals surface area contributed by atoms with E-state index >= 15 is 0 Å². The standard InChI is InChI=1S/C20H22N2O6S/c1-13(19(23)21-15-8-10-17(27-2)11-9-15)28-20(24)14-4-3-5-18(12-14)29(25,26)22-16-6-7-16/h3-5,8-13,16,22H,6-7H2,1-2H3,(H,21,23). The van der Waals surface area contributed by atoms with E-state index < -0.39 is 28.0 Å². The van der Waals surface area contributed by atoms with E-state index in [1.165, 1.54) is 38.3 Å². The topological polar surface area (TPSA) is 111 Å². The van der Waals surface area contributed by atoms with Crippen molar-refractivity contribution in [1.82, 2.24) is 4.72 Å². The number of sulfonamides is 1. The fourth-order valence-corrected chi connectivity index (χ4v) is 3.83. The van der Waals surface area contributed by atoms with Crippen LogP contribution >= 0.6 is 0 Å². The SMILES string of the molecule is COc1ccc(NC(=O)C(C)OC(=O)c2cccc(S(=O)(=O)NC3CC3)c2)cc1. The molecule has 1 fully saturated rings. The molecule has 2 aromatic carbocycles. The van der Waals surface area contributed by atoms with Crippen LogP contribution in [0.1, 0.15) is 30.1 Å². The number of esters is 1. The van der Waals surface area contributed by atoms with Crippen molar-refractivity contribution in [3.63, 3.8) is 0 Å². The van der Waals surface area contributed by atoms with E-state index in [0.29, 0.717) is 11.4 Å². The van der Waals surface area contributed by atoms with Gasteiger partial charge < -0.3 is 14.8 Å². The Kier molecular flexibility index (Phi) is 6.19. The summed E-state index contributed by atoms with van der Waals surface area (Å²) in [5.41, 5.74) is 0.575. The molecule has 0 bridgehead atoms. The van der Waals surface area contributed by atoms with Crippen molar-refractivity contribution in [2.75, 3.05) is 12.4 Å². The summed E-state index contributed by atoms with van der Waals surface area (Å²) in [4.78, 5) is 24.6. The first kappa shape index (κ1) is 20.8. The average molecular weight is 418 g/mol. The van der Waals surface area contributed by atoms with Crippen LogP contribution in [0.4, 0.5) is 5.69 Å². The molecule has 0 spiro atoms. The van der Waals surface area contributed by atoms with Crippen LogP contribution in [0.3, 0.4) is 0 Å². The second-order valence-corrected chi connectivity index (χ2v) is 8.40. The van der Waals surface area contributed by atoms with Gasteiger partial charge in [-0.2, -0.15) is 0 Å². The molecule has 1 amide bonds. The van der Waals surface area contributed by atoms with Crippen LogP contribution in [-0.2, 0) is 19.6 Å². The summed E-state index contributed by atoms with van der Waals surface area (Å²) in [6.45, 7) is 1.44. The predicted octanol–water partition coefficient (Wildman–Crippen LogP) is 2.32. The van der Waals surface area contributed by atoms with Gasteiger partial charge >= 0.3 is 5.97 Å². The summed E-state index contributed by atoms with van der Waals surface area (Å²) >= 11 is 0. The fraction of sp³-hybridized carbons (Fsp3) is 0.300. The molecule has 154 valence electrons.